The van der Waals surface area contributed by atoms with Crippen LogP contribution in [-0.2, 0) is 44.5 Å². The molecule has 4 bridgehead atoms. The molecule has 0 radical (unpaired) electrons. The number of rotatable bonds is 11. The molecule has 2 saturated heterocycles. The van der Waals surface area contributed by atoms with Gasteiger partial charge in [0.25, 0.3) is 0 Å². The lowest BCUT2D eigenvalue weighted by molar-refractivity contribution is -0.162. The molecule has 15 nitrogen and oxygen atoms in total. The summed E-state index contributed by atoms with van der Waals surface area (Å²) in [6.45, 7) is 6.96. The summed E-state index contributed by atoms with van der Waals surface area (Å²) in [5.74, 6) is -0.651. The lowest BCUT2D eigenvalue weighted by Crippen LogP contribution is -2.63. The van der Waals surface area contributed by atoms with Crippen molar-refractivity contribution in [2.75, 3.05) is 58.8 Å². The number of amides is 4. The smallest absolute Gasteiger partial charge is 0.409 e. The molecule has 1 aromatic rings. The van der Waals surface area contributed by atoms with E-state index in [2.05, 4.69) is 5.32 Å². The van der Waals surface area contributed by atoms with Gasteiger partial charge in [-0.3, -0.25) is 19.7 Å². The fourth-order valence-electron chi connectivity index (χ4n) is 7.04. The fourth-order valence-corrected chi connectivity index (χ4v) is 8.19. The van der Waals surface area contributed by atoms with Crippen molar-refractivity contribution in [2.24, 2.45) is 5.92 Å². The number of nitrogens with one attached hydrogen (secondary N) is 1. The van der Waals surface area contributed by atoms with E-state index in [0.717, 1.165) is 11.1 Å². The van der Waals surface area contributed by atoms with Gasteiger partial charge in [-0.05, 0) is 44.9 Å². The molecule has 57 heavy (non-hydrogen) atoms. The zero-order chi connectivity index (χ0) is 42.4. The number of nitrogens with zero attached hydrogens (tertiary/aromatic N) is 3. The van der Waals surface area contributed by atoms with E-state index in [1.807, 2.05) is 13.0 Å². The van der Waals surface area contributed by atoms with Gasteiger partial charge in [0.1, 0.15) is 40.7 Å². The van der Waals surface area contributed by atoms with Crippen LogP contribution in [0.5, 0.6) is 5.75 Å². The second-order valence-corrected chi connectivity index (χ2v) is 16.9. The molecule has 0 aromatic heterocycles. The number of epoxide rings is 1. The summed E-state index contributed by atoms with van der Waals surface area (Å²) in [4.78, 5) is 70.1. The highest BCUT2D eigenvalue weighted by Crippen LogP contribution is 2.49. The minimum absolute atomic E-state index is 0.00114. The zero-order valence-corrected chi connectivity index (χ0v) is 36.0. The molecule has 2 fully saturated rings. The van der Waals surface area contributed by atoms with E-state index in [1.54, 1.807) is 66.2 Å². The Morgan fingerprint density at radius 3 is 2.44 bits per heavy atom. The first-order chi connectivity index (χ1) is 26.8. The molecule has 1 aromatic carbocycles. The number of alkyl carbamates (subject to hydrolysis) is 1. The van der Waals surface area contributed by atoms with Gasteiger partial charge in [-0.15, -0.1) is 0 Å². The van der Waals surface area contributed by atoms with Gasteiger partial charge in [-0.1, -0.05) is 42.3 Å². The number of fused-ring (bicyclic) bond motifs is 5. The molecule has 316 valence electrons. The van der Waals surface area contributed by atoms with Crippen LogP contribution in [-0.4, -0.2) is 140 Å². The van der Waals surface area contributed by atoms with Gasteiger partial charge < -0.3 is 43.5 Å². The normalized spacial score (nSPS) is 29.7. The minimum atomic E-state index is -1.84. The molecule has 2 N–H and O–H groups in total. The summed E-state index contributed by atoms with van der Waals surface area (Å²) >= 11 is 8.24. The molecule has 4 amide bonds. The van der Waals surface area contributed by atoms with Crippen LogP contribution >= 0.6 is 23.4 Å². The van der Waals surface area contributed by atoms with Gasteiger partial charge in [-0.2, -0.15) is 11.8 Å². The summed E-state index contributed by atoms with van der Waals surface area (Å²) in [5.41, 5.74) is -0.984. The lowest BCUT2D eigenvalue weighted by Gasteiger charge is -2.42. The van der Waals surface area contributed by atoms with Crippen LogP contribution in [0.3, 0.4) is 0 Å². The number of anilines is 1. The molecule has 17 heteroatoms. The third kappa shape index (κ3) is 11.0. The first-order valence-electron chi connectivity index (χ1n) is 18.9. The molecular formula is C40H57ClN4O11S. The first-order valence-corrected chi connectivity index (χ1v) is 20.4. The van der Waals surface area contributed by atoms with Crippen LogP contribution in [0.1, 0.15) is 58.9 Å². The molecule has 8 atom stereocenters. The maximum atomic E-state index is 14.2. The van der Waals surface area contributed by atoms with E-state index in [4.69, 9.17) is 35.3 Å². The van der Waals surface area contributed by atoms with Crippen molar-refractivity contribution in [3.63, 3.8) is 0 Å². The number of esters is 1. The van der Waals surface area contributed by atoms with Crippen molar-refractivity contribution < 1.29 is 52.8 Å². The third-order valence-electron chi connectivity index (χ3n) is 10.9. The lowest BCUT2D eigenvalue weighted by atomic mass is 9.83. The summed E-state index contributed by atoms with van der Waals surface area (Å²) in [5, 5.41) is 14.5. The zero-order valence-electron chi connectivity index (χ0n) is 34.5. The average molecular weight is 837 g/mol. The van der Waals surface area contributed by atoms with Crippen LogP contribution < -0.4 is 15.0 Å². The van der Waals surface area contributed by atoms with Gasteiger partial charge >= 0.3 is 12.1 Å². The number of halogens is 1. The number of thioether (sulfide) groups is 1. The Bertz CT molecular complexity index is 1740. The van der Waals surface area contributed by atoms with Crippen LogP contribution in [0, 0.1) is 5.92 Å². The monoisotopic (exact) mass is 836 g/mol. The Labute approximate surface area is 344 Å². The quantitative estimate of drug-likeness (QED) is 0.186. The van der Waals surface area contributed by atoms with Crippen LogP contribution in [0.4, 0.5) is 10.5 Å². The van der Waals surface area contributed by atoms with E-state index in [1.165, 1.54) is 47.7 Å². The highest BCUT2D eigenvalue weighted by molar-refractivity contribution is 7.99. The molecule has 0 saturated carbocycles. The molecule has 3 aliphatic rings. The Morgan fingerprint density at radius 1 is 1.14 bits per heavy atom. The Morgan fingerprint density at radius 2 is 1.81 bits per heavy atom. The number of ether oxygens (including phenoxy) is 5. The second-order valence-electron chi connectivity index (χ2n) is 15.3. The van der Waals surface area contributed by atoms with Gasteiger partial charge in [0.2, 0.25) is 17.7 Å². The number of benzene rings is 1. The number of aliphatic hydroxyl groups is 1. The molecule has 0 aliphatic carbocycles. The molecular weight excluding hydrogens is 780 g/mol. The Balaban J connectivity index is 1.64. The second kappa shape index (κ2) is 19.3. The van der Waals surface area contributed by atoms with Gasteiger partial charge in [-0.25, -0.2) is 9.59 Å². The van der Waals surface area contributed by atoms with Gasteiger partial charge in [0.05, 0.1) is 25.3 Å². The van der Waals surface area contributed by atoms with E-state index < -0.39 is 65.7 Å². The fraction of sp³-hybridized carbons (Fsp3) is 0.625. The topological polar surface area (TPSA) is 177 Å². The van der Waals surface area contributed by atoms with Gasteiger partial charge in [0, 0.05) is 72.0 Å². The standard InChI is InChI=1S/C40H57ClN4O11S/c1-23-12-11-13-30(53-10)40(51)22-29(54-38(50)42-40)24(2)36-39(4,56-36)31(21-34(48)45(8)27-19-26(18-23)20-28(52-9)35(27)41)55-37(49)25(3)44(7)33(47)15-17-57-16-14-32(46)43(5)6/h11-13,19-20,24-25,29-31,36,51H,14-18,21-22H2,1-10H3,(H,42,50)/b13-11+,23-12+/t24-,25+,29+,30-,31+,36+,39?,40+/m1/s1. The number of likely N-dealkylation sites (N-methyl/N-ethyl adjacent to an activating group) is 1. The summed E-state index contributed by atoms with van der Waals surface area (Å²) in [6.07, 6.45) is 1.29. The van der Waals surface area contributed by atoms with Crippen molar-refractivity contribution in [1.29, 1.82) is 0 Å². The predicted molar refractivity (Wildman–Crippen MR) is 216 cm³/mol. The van der Waals surface area contributed by atoms with Crippen LogP contribution in [0.2, 0.25) is 5.02 Å². The Hall–Kier alpha value is -3.83. The predicted octanol–water partition coefficient (Wildman–Crippen LogP) is 4.12. The molecule has 3 heterocycles. The van der Waals surface area contributed by atoms with Crippen LogP contribution in [0.15, 0.2) is 35.9 Å². The maximum absolute atomic E-state index is 14.2. The molecule has 3 aliphatic heterocycles. The van der Waals surface area contributed by atoms with Crippen molar-refractivity contribution in [2.45, 2.75) is 102 Å². The maximum Gasteiger partial charge on any atom is 0.409 e. The first kappa shape index (κ1) is 45.9. The van der Waals surface area contributed by atoms with Gasteiger partial charge in [0.15, 0.2) is 5.72 Å². The summed E-state index contributed by atoms with van der Waals surface area (Å²) in [6, 6.07) is 2.55. The van der Waals surface area contributed by atoms with E-state index >= 15 is 0 Å². The number of carbonyl (C=O) groups is 5. The summed E-state index contributed by atoms with van der Waals surface area (Å²) in [7, 11) is 9.37. The Kier molecular flexibility index (Phi) is 15.5. The third-order valence-corrected chi connectivity index (χ3v) is 12.3. The van der Waals surface area contributed by atoms with E-state index in [-0.39, 0.29) is 36.1 Å². The van der Waals surface area contributed by atoms with Crippen molar-refractivity contribution in [1.82, 2.24) is 15.1 Å². The van der Waals surface area contributed by atoms with Crippen molar-refractivity contribution in [3.05, 3.63) is 46.5 Å². The number of methoxy groups -OCH3 is 2. The largest absolute Gasteiger partial charge is 0.495 e. The molecule has 4 rings (SSSR count). The van der Waals surface area contributed by atoms with E-state index in [0.29, 0.717) is 35.8 Å². The average Bonchev–Trinajstić information content (AvgIpc) is 3.86. The highest BCUT2D eigenvalue weighted by atomic mass is 35.5. The number of allylic oxidation sites excluding steroid dienone is 3. The number of carbonyl (C=O) groups excluding carboxylic acids is 5. The van der Waals surface area contributed by atoms with Crippen molar-refractivity contribution in [3.8, 4) is 5.75 Å². The van der Waals surface area contributed by atoms with E-state index in [9.17, 15) is 29.1 Å². The SMILES string of the molecule is COc1cc2cc(c1Cl)N(C)C(=O)C[C@H](OC(=O)[C@H](C)N(C)C(=O)CCSCCC(=O)N(C)C)C1(C)O[C@H]1[C@H](C)[C@@H]1C[C@@](O)(NC(=O)O1)[C@H](OC)/C=C/C=C(\C)C2. The molecule has 1 unspecified atom stereocenters. The molecule has 0 spiro atoms. The number of hydrogen-bond donors (Lipinski definition) is 2. The van der Waals surface area contributed by atoms with Crippen LogP contribution in [0.25, 0.3) is 0 Å². The number of hydrogen-bond acceptors (Lipinski definition) is 12. The highest BCUT2D eigenvalue weighted by Gasteiger charge is 2.64. The minimum Gasteiger partial charge on any atom is -0.495 e. The summed E-state index contributed by atoms with van der Waals surface area (Å²) < 4.78 is 29.3. The van der Waals surface area contributed by atoms with Crippen molar-refractivity contribution >= 4 is 58.8 Å².